The molecule has 17 heteroatoms. The number of rotatable bonds is 4. The minimum absolute atomic E-state index is 0.0710. The van der Waals surface area contributed by atoms with E-state index in [-0.39, 0.29) is 21.6 Å². The van der Waals surface area contributed by atoms with Gasteiger partial charge in [-0.25, -0.2) is 4.98 Å². The average molecular weight is 469 g/mol. The molecule has 164 valence electrons. The van der Waals surface area contributed by atoms with Crippen molar-refractivity contribution >= 4 is 38.3 Å². The SMILES string of the molecule is O=C(Nc1nc2ccc([N+](=O)[O-])cc2s1)C(F)(F)C1(F)OC(F)(F)C(F)(F)C1(F)F. The lowest BCUT2D eigenvalue weighted by Gasteiger charge is -2.31. The minimum Gasteiger partial charge on any atom is -0.296 e. The van der Waals surface area contributed by atoms with Crippen LogP contribution in [0.5, 0.6) is 0 Å². The second-order valence-corrected chi connectivity index (χ2v) is 6.85. The van der Waals surface area contributed by atoms with E-state index >= 15 is 0 Å². The first-order valence-electron chi connectivity index (χ1n) is 7.25. The van der Waals surface area contributed by atoms with Crippen molar-refractivity contribution in [3.8, 4) is 0 Å². The lowest BCUT2D eigenvalue weighted by molar-refractivity contribution is -0.384. The van der Waals surface area contributed by atoms with Crippen LogP contribution in [0.4, 0.5) is 50.3 Å². The van der Waals surface area contributed by atoms with Crippen LogP contribution in [-0.4, -0.2) is 45.5 Å². The maximum Gasteiger partial charge on any atom is 0.428 e. The van der Waals surface area contributed by atoms with Crippen molar-refractivity contribution in [2.45, 2.75) is 29.7 Å². The van der Waals surface area contributed by atoms with E-state index < -0.39 is 51.4 Å². The van der Waals surface area contributed by atoms with Gasteiger partial charge in [-0.05, 0) is 6.07 Å². The molecule has 1 aromatic heterocycles. The maximum absolute atomic E-state index is 14.1. The lowest BCUT2D eigenvalue weighted by atomic mass is 9.99. The first-order chi connectivity index (χ1) is 13.5. The summed E-state index contributed by atoms with van der Waals surface area (Å²) in [4.78, 5) is 25.0. The Kier molecular flexibility index (Phi) is 4.52. The van der Waals surface area contributed by atoms with Gasteiger partial charge in [0.25, 0.3) is 5.69 Å². The van der Waals surface area contributed by atoms with E-state index in [0.717, 1.165) is 23.5 Å². The van der Waals surface area contributed by atoms with Crippen LogP contribution in [0, 0.1) is 10.1 Å². The third kappa shape index (κ3) is 2.71. The van der Waals surface area contributed by atoms with E-state index in [2.05, 4.69) is 9.72 Å². The molecule has 30 heavy (non-hydrogen) atoms. The van der Waals surface area contributed by atoms with Gasteiger partial charge in [-0.1, -0.05) is 11.3 Å². The summed E-state index contributed by atoms with van der Waals surface area (Å²) < 4.78 is 123. The predicted molar refractivity (Wildman–Crippen MR) is 79.6 cm³/mol. The number of carbonyl (C=O) groups excluding carboxylic acids is 1. The second-order valence-electron chi connectivity index (χ2n) is 5.82. The molecule has 1 aliphatic heterocycles. The van der Waals surface area contributed by atoms with Gasteiger partial charge in [0.1, 0.15) is 0 Å². The number of halogens is 9. The molecule has 1 aliphatic rings. The number of anilines is 1. The summed E-state index contributed by atoms with van der Waals surface area (Å²) in [6.45, 7) is 0. The summed E-state index contributed by atoms with van der Waals surface area (Å²) in [5, 5.41) is 11.0. The van der Waals surface area contributed by atoms with Crippen molar-refractivity contribution in [3.63, 3.8) is 0 Å². The summed E-state index contributed by atoms with van der Waals surface area (Å²) in [5.74, 6) is -29.2. The van der Waals surface area contributed by atoms with E-state index in [1.54, 1.807) is 0 Å². The third-order valence-corrected chi connectivity index (χ3v) is 4.86. The number of hydrogen-bond acceptors (Lipinski definition) is 6. The highest BCUT2D eigenvalue weighted by molar-refractivity contribution is 7.22. The zero-order valence-corrected chi connectivity index (χ0v) is 14.4. The van der Waals surface area contributed by atoms with Crippen LogP contribution in [0.3, 0.4) is 0 Å². The van der Waals surface area contributed by atoms with Gasteiger partial charge >= 0.3 is 35.6 Å². The van der Waals surface area contributed by atoms with Gasteiger partial charge in [-0.2, -0.15) is 39.5 Å². The topological polar surface area (TPSA) is 94.4 Å². The van der Waals surface area contributed by atoms with Crippen LogP contribution in [0.25, 0.3) is 10.2 Å². The fourth-order valence-electron chi connectivity index (χ4n) is 2.35. The van der Waals surface area contributed by atoms with Crippen molar-refractivity contribution in [2.24, 2.45) is 0 Å². The van der Waals surface area contributed by atoms with E-state index in [9.17, 15) is 54.4 Å². The molecule has 1 unspecified atom stereocenters. The minimum atomic E-state index is -6.81. The van der Waals surface area contributed by atoms with Crippen LogP contribution in [0.2, 0.25) is 0 Å². The Morgan fingerprint density at radius 1 is 1.13 bits per heavy atom. The average Bonchev–Trinajstić information content (AvgIpc) is 3.04. The van der Waals surface area contributed by atoms with Crippen LogP contribution in [0.1, 0.15) is 0 Å². The van der Waals surface area contributed by atoms with Gasteiger partial charge in [0.15, 0.2) is 5.13 Å². The van der Waals surface area contributed by atoms with E-state index in [0.29, 0.717) is 0 Å². The Labute approximate surface area is 161 Å². The van der Waals surface area contributed by atoms with E-state index in [4.69, 9.17) is 0 Å². The van der Waals surface area contributed by atoms with Gasteiger partial charge in [-0.15, -0.1) is 0 Å². The van der Waals surface area contributed by atoms with Crippen molar-refractivity contribution in [2.75, 3.05) is 5.32 Å². The molecule has 0 spiro atoms. The molecule has 0 saturated carbocycles. The summed E-state index contributed by atoms with van der Waals surface area (Å²) in [6.07, 6.45) is -6.36. The largest absolute Gasteiger partial charge is 0.428 e. The van der Waals surface area contributed by atoms with Gasteiger partial charge in [0.2, 0.25) is 0 Å². The van der Waals surface area contributed by atoms with E-state index in [1.807, 2.05) is 0 Å². The molecule has 2 aromatic rings. The first-order valence-corrected chi connectivity index (χ1v) is 8.06. The fourth-order valence-corrected chi connectivity index (χ4v) is 3.25. The van der Waals surface area contributed by atoms with E-state index in [1.165, 1.54) is 0 Å². The molecule has 1 saturated heterocycles. The number of nitrogens with zero attached hydrogens (tertiary/aromatic N) is 2. The number of nitrogens with one attached hydrogen (secondary N) is 1. The van der Waals surface area contributed by atoms with Crippen LogP contribution >= 0.6 is 11.3 Å². The molecule has 1 amide bonds. The predicted octanol–water partition coefficient (Wildman–Crippen LogP) is 4.34. The number of carbonyl (C=O) groups is 1. The standard InChI is InChI=1S/C13H4F9N3O4S/c14-9(15,12(20)10(16,17)11(18,19)13(21,22)29-12)7(26)24-8-23-5-2-1-4(25(27)28)3-6(5)30-8/h1-3H,(H,23,24,26). The lowest BCUT2D eigenvalue weighted by Crippen LogP contribution is -2.63. The number of aromatic nitrogens is 1. The molecule has 1 atom stereocenters. The van der Waals surface area contributed by atoms with Crippen LogP contribution in [-0.2, 0) is 9.53 Å². The number of amides is 1. The Hall–Kier alpha value is -2.69. The summed E-state index contributed by atoms with van der Waals surface area (Å²) in [5.41, 5.74) is -0.583. The Morgan fingerprint density at radius 3 is 2.23 bits per heavy atom. The Morgan fingerprint density at radius 2 is 1.73 bits per heavy atom. The molecule has 2 heterocycles. The Bertz CT molecular complexity index is 1060. The molecule has 0 bridgehead atoms. The molecule has 0 aliphatic carbocycles. The highest BCUT2D eigenvalue weighted by Gasteiger charge is 2.96. The number of ether oxygens (including phenoxy) is 1. The van der Waals surface area contributed by atoms with Crippen LogP contribution in [0.15, 0.2) is 18.2 Å². The first kappa shape index (κ1) is 22.0. The normalized spacial score (nSPS) is 24.7. The molecule has 7 nitrogen and oxygen atoms in total. The second kappa shape index (κ2) is 6.16. The summed E-state index contributed by atoms with van der Waals surface area (Å²) >= 11 is 0.286. The number of benzene rings is 1. The number of non-ortho nitro benzene ring substituents is 1. The molecule has 1 N–H and O–H groups in total. The van der Waals surface area contributed by atoms with Crippen molar-refractivity contribution in [1.82, 2.24) is 4.98 Å². The number of nitro groups is 1. The van der Waals surface area contributed by atoms with Crippen molar-refractivity contribution in [1.29, 1.82) is 0 Å². The molecular weight excluding hydrogens is 465 g/mol. The molecule has 0 radical (unpaired) electrons. The number of fused-ring (bicyclic) bond motifs is 1. The van der Waals surface area contributed by atoms with Gasteiger partial charge in [0.05, 0.1) is 15.1 Å². The number of hydrogen-bond donors (Lipinski definition) is 1. The Balaban J connectivity index is 1.94. The highest BCUT2D eigenvalue weighted by atomic mass is 32.1. The summed E-state index contributed by atoms with van der Waals surface area (Å²) in [6, 6.07) is 2.85. The monoisotopic (exact) mass is 469 g/mol. The van der Waals surface area contributed by atoms with Crippen molar-refractivity contribution in [3.05, 3.63) is 28.3 Å². The number of thiazole rings is 1. The zero-order chi connectivity index (χ0) is 22.9. The van der Waals surface area contributed by atoms with Crippen LogP contribution < -0.4 is 5.32 Å². The van der Waals surface area contributed by atoms with Gasteiger partial charge < -0.3 is 0 Å². The maximum atomic E-state index is 14.1. The zero-order valence-electron chi connectivity index (χ0n) is 13.6. The highest BCUT2D eigenvalue weighted by Crippen LogP contribution is 2.64. The van der Waals surface area contributed by atoms with Gasteiger partial charge in [0, 0.05) is 12.1 Å². The quantitative estimate of drug-likeness (QED) is 0.409. The molecular formula is C13H4F9N3O4S. The summed E-state index contributed by atoms with van der Waals surface area (Å²) in [7, 11) is 0. The molecule has 1 aromatic carbocycles. The molecule has 1 fully saturated rings. The van der Waals surface area contributed by atoms with Crippen molar-refractivity contribution < 1.29 is 54.0 Å². The van der Waals surface area contributed by atoms with Gasteiger partial charge in [-0.3, -0.25) is 25.0 Å². The number of nitro benzene ring substituents is 1. The number of alkyl halides is 9. The molecule has 3 rings (SSSR count). The third-order valence-electron chi connectivity index (χ3n) is 3.92. The smallest absolute Gasteiger partial charge is 0.296 e. The fraction of sp³-hybridized carbons (Fsp3) is 0.385.